The van der Waals surface area contributed by atoms with E-state index in [1.165, 1.54) is 27.7 Å². The van der Waals surface area contributed by atoms with E-state index in [1.807, 2.05) is 0 Å². The number of ether oxygens (including phenoxy) is 1. The molecule has 0 aliphatic rings. The van der Waals surface area contributed by atoms with Gasteiger partial charge in [0.25, 0.3) is 0 Å². The molecule has 5 heteroatoms. The normalized spacial score (nSPS) is 12.1. The predicted molar refractivity (Wildman–Crippen MR) is 112 cm³/mol. The molecule has 0 aromatic heterocycles. The number of rotatable bonds is 9. The molecular weight excluding hydrogens is 368 g/mol. The molecule has 0 aliphatic carbocycles. The van der Waals surface area contributed by atoms with E-state index in [1.54, 1.807) is 54.6 Å². The molecule has 0 radical (unpaired) electrons. The monoisotopic (exact) mass is 396 g/mol. The molecule has 154 valence electrons. The predicted octanol–water partition coefficient (Wildman–Crippen LogP) is 3.89. The maximum atomic E-state index is 12.2. The molecule has 2 N–H and O–H groups in total. The summed E-state index contributed by atoms with van der Waals surface area (Å²) in [6, 6.07) is 13.8. The minimum absolute atomic E-state index is 0.319. The number of carbonyl (C=O) groups excluding carboxylic acids is 2. The second-order valence-electron chi connectivity index (χ2n) is 8.02. The molecule has 0 heterocycles. The number of benzene rings is 2. The maximum absolute atomic E-state index is 12.2. The van der Waals surface area contributed by atoms with Gasteiger partial charge >= 0.3 is 0 Å². The van der Waals surface area contributed by atoms with E-state index in [0.717, 1.165) is 11.1 Å². The van der Waals surface area contributed by atoms with Gasteiger partial charge < -0.3 is 14.9 Å². The zero-order chi connectivity index (χ0) is 21.8. The first-order valence-corrected chi connectivity index (χ1v) is 9.42. The molecule has 0 saturated heterocycles. The third-order valence-corrected chi connectivity index (χ3v) is 4.44. The van der Waals surface area contributed by atoms with Crippen molar-refractivity contribution in [1.29, 1.82) is 0 Å². The molecule has 2 rings (SSSR count). The summed E-state index contributed by atoms with van der Waals surface area (Å²) in [4.78, 5) is 24.4. The Bertz CT molecular complexity index is 796. The number of hydrogen-bond acceptors (Lipinski definition) is 5. The Hall–Kier alpha value is -2.60. The van der Waals surface area contributed by atoms with Crippen LogP contribution in [0.4, 0.5) is 0 Å². The van der Waals surface area contributed by atoms with E-state index < -0.39 is 17.3 Å². The molecule has 0 spiro atoms. The molecule has 0 aliphatic heterocycles. The molecule has 2 aromatic rings. The Morgan fingerprint density at radius 3 is 1.48 bits per heavy atom. The van der Waals surface area contributed by atoms with E-state index in [-0.39, 0.29) is 11.6 Å². The molecule has 0 saturated carbocycles. The van der Waals surface area contributed by atoms with Crippen molar-refractivity contribution >= 4 is 11.6 Å². The van der Waals surface area contributed by atoms with Crippen LogP contribution in [-0.4, -0.2) is 39.6 Å². The Kier molecular flexibility index (Phi) is 6.90. The Morgan fingerprint density at radius 2 is 1.21 bits per heavy atom. The van der Waals surface area contributed by atoms with Gasteiger partial charge in [-0.3, -0.25) is 9.59 Å². The van der Waals surface area contributed by atoms with Gasteiger partial charge in [0, 0.05) is 11.1 Å². The van der Waals surface area contributed by atoms with Crippen LogP contribution in [0, 0.1) is 0 Å². The van der Waals surface area contributed by atoms with Crippen molar-refractivity contribution in [2.45, 2.75) is 45.0 Å². The third kappa shape index (κ3) is 5.70. The number of ketones is 2. The molecule has 0 bridgehead atoms. The SMILES string of the molecule is C=CCOC(c1ccc(C(=O)C(C)(C)O)cc1)c1ccc(C(=O)C(C)(C)O)cc1. The quantitative estimate of drug-likeness (QED) is 0.496. The summed E-state index contributed by atoms with van der Waals surface area (Å²) >= 11 is 0. The molecule has 29 heavy (non-hydrogen) atoms. The van der Waals surface area contributed by atoms with Gasteiger partial charge in [0.05, 0.1) is 6.61 Å². The van der Waals surface area contributed by atoms with Gasteiger partial charge in [0.2, 0.25) is 0 Å². The van der Waals surface area contributed by atoms with Crippen LogP contribution in [0.1, 0.15) is 65.6 Å². The van der Waals surface area contributed by atoms with Gasteiger partial charge in [-0.25, -0.2) is 0 Å². The first-order chi connectivity index (χ1) is 13.4. The molecule has 0 unspecified atom stereocenters. The lowest BCUT2D eigenvalue weighted by molar-refractivity contribution is 0.0487. The van der Waals surface area contributed by atoms with Crippen LogP contribution in [-0.2, 0) is 4.74 Å². The van der Waals surface area contributed by atoms with Gasteiger partial charge in [-0.2, -0.15) is 0 Å². The summed E-state index contributed by atoms with van der Waals surface area (Å²) in [6.45, 7) is 9.81. The van der Waals surface area contributed by atoms with Crippen molar-refractivity contribution in [3.8, 4) is 0 Å². The highest BCUT2D eigenvalue weighted by Crippen LogP contribution is 2.28. The molecule has 0 amide bonds. The zero-order valence-electron chi connectivity index (χ0n) is 17.3. The largest absolute Gasteiger partial charge is 0.382 e. The molecule has 2 aromatic carbocycles. The Morgan fingerprint density at radius 1 is 0.862 bits per heavy atom. The molecule has 0 atom stereocenters. The van der Waals surface area contributed by atoms with Gasteiger partial charge in [-0.15, -0.1) is 6.58 Å². The second-order valence-corrected chi connectivity index (χ2v) is 8.02. The number of hydrogen-bond donors (Lipinski definition) is 2. The molecular formula is C24H28O5. The zero-order valence-corrected chi connectivity index (χ0v) is 17.3. The van der Waals surface area contributed by atoms with Crippen LogP contribution in [0.2, 0.25) is 0 Å². The second kappa shape index (κ2) is 8.82. The van der Waals surface area contributed by atoms with Crippen molar-refractivity contribution in [3.63, 3.8) is 0 Å². The lowest BCUT2D eigenvalue weighted by Gasteiger charge is -2.20. The van der Waals surface area contributed by atoms with Crippen LogP contribution in [0.15, 0.2) is 61.2 Å². The first-order valence-electron chi connectivity index (χ1n) is 9.42. The highest BCUT2D eigenvalue weighted by atomic mass is 16.5. The van der Waals surface area contributed by atoms with Crippen LogP contribution in [0.3, 0.4) is 0 Å². The van der Waals surface area contributed by atoms with Crippen LogP contribution in [0.5, 0.6) is 0 Å². The highest BCUT2D eigenvalue weighted by Gasteiger charge is 2.27. The summed E-state index contributed by atoms with van der Waals surface area (Å²) in [5.41, 5.74) is -0.419. The summed E-state index contributed by atoms with van der Waals surface area (Å²) < 4.78 is 5.91. The van der Waals surface area contributed by atoms with Crippen molar-refractivity contribution in [3.05, 3.63) is 83.4 Å². The smallest absolute Gasteiger partial charge is 0.193 e. The maximum Gasteiger partial charge on any atom is 0.193 e. The summed E-state index contributed by atoms with van der Waals surface area (Å²) in [7, 11) is 0. The van der Waals surface area contributed by atoms with E-state index >= 15 is 0 Å². The topological polar surface area (TPSA) is 83.8 Å². The fraction of sp³-hybridized carbons (Fsp3) is 0.333. The van der Waals surface area contributed by atoms with Crippen LogP contribution < -0.4 is 0 Å². The fourth-order valence-electron chi connectivity index (χ4n) is 2.87. The van der Waals surface area contributed by atoms with Crippen molar-refractivity contribution < 1.29 is 24.5 Å². The molecule has 0 fully saturated rings. The van der Waals surface area contributed by atoms with Crippen molar-refractivity contribution in [2.75, 3.05) is 6.61 Å². The van der Waals surface area contributed by atoms with Crippen LogP contribution >= 0.6 is 0 Å². The highest BCUT2D eigenvalue weighted by molar-refractivity contribution is 6.02. The number of carbonyl (C=O) groups is 2. The minimum Gasteiger partial charge on any atom is -0.382 e. The number of Topliss-reactive ketones (excluding diaryl/α,β-unsaturated/α-hetero) is 2. The van der Waals surface area contributed by atoms with Gasteiger partial charge in [-0.1, -0.05) is 54.6 Å². The Labute approximate surface area is 171 Å². The Balaban J connectivity index is 2.33. The first kappa shape index (κ1) is 22.7. The summed E-state index contributed by atoms with van der Waals surface area (Å²) in [5.74, 6) is -0.718. The van der Waals surface area contributed by atoms with E-state index in [9.17, 15) is 19.8 Å². The lowest BCUT2D eigenvalue weighted by atomic mass is 9.92. The van der Waals surface area contributed by atoms with E-state index in [4.69, 9.17) is 4.74 Å². The third-order valence-electron chi connectivity index (χ3n) is 4.44. The van der Waals surface area contributed by atoms with E-state index in [2.05, 4.69) is 6.58 Å². The van der Waals surface area contributed by atoms with Gasteiger partial charge in [-0.05, 0) is 38.8 Å². The van der Waals surface area contributed by atoms with E-state index in [0.29, 0.717) is 17.7 Å². The lowest BCUT2D eigenvalue weighted by Crippen LogP contribution is -2.31. The summed E-state index contributed by atoms with van der Waals surface area (Å²) in [5, 5.41) is 19.8. The number of aliphatic hydroxyl groups is 2. The average Bonchev–Trinajstić information content (AvgIpc) is 2.66. The van der Waals surface area contributed by atoms with Gasteiger partial charge in [0.15, 0.2) is 11.6 Å². The summed E-state index contributed by atoms with van der Waals surface area (Å²) in [6.07, 6.45) is 1.22. The van der Waals surface area contributed by atoms with Crippen molar-refractivity contribution in [2.24, 2.45) is 0 Å². The van der Waals surface area contributed by atoms with Crippen LogP contribution in [0.25, 0.3) is 0 Å². The average molecular weight is 396 g/mol. The molecule has 5 nitrogen and oxygen atoms in total. The van der Waals surface area contributed by atoms with Gasteiger partial charge in [0.1, 0.15) is 17.3 Å². The fourth-order valence-corrected chi connectivity index (χ4v) is 2.87. The standard InChI is InChI=1S/C24H28O5/c1-6-15-29-20(16-7-11-18(12-8-16)21(25)23(2,3)27)17-9-13-19(14-10-17)22(26)24(4,5)28/h6-14,20,27-28H,1,15H2,2-5H3. The minimum atomic E-state index is -1.44. The van der Waals surface area contributed by atoms with Crippen molar-refractivity contribution in [1.82, 2.24) is 0 Å².